The molecule has 0 amide bonds. The second-order valence-electron chi connectivity index (χ2n) is 4.34. The lowest BCUT2D eigenvalue weighted by Gasteiger charge is -2.08. The highest BCUT2D eigenvalue weighted by Gasteiger charge is 2.09. The Morgan fingerprint density at radius 2 is 2.12 bits per heavy atom. The quantitative estimate of drug-likeness (QED) is 0.629. The van der Waals surface area contributed by atoms with Gasteiger partial charge < -0.3 is 5.32 Å². The van der Waals surface area contributed by atoms with Gasteiger partial charge in [0.15, 0.2) is 0 Å². The van der Waals surface area contributed by atoms with Crippen LogP contribution in [0.15, 0.2) is 29.8 Å². The first-order valence-corrected chi connectivity index (χ1v) is 5.64. The molecule has 4 heteroatoms. The third-order valence-corrected chi connectivity index (χ3v) is 2.32. The SMILES string of the molecule is CC(=Cc1ccccc1[N+](=O)[O-])CNC(C)C. The number of benzene rings is 1. The van der Waals surface area contributed by atoms with Crippen LogP contribution in [-0.2, 0) is 0 Å². The van der Waals surface area contributed by atoms with Crippen LogP contribution in [0.3, 0.4) is 0 Å². The fourth-order valence-electron chi connectivity index (χ4n) is 1.46. The Morgan fingerprint density at radius 1 is 1.47 bits per heavy atom. The fraction of sp³-hybridized carbons (Fsp3) is 0.385. The number of rotatable bonds is 5. The van der Waals surface area contributed by atoms with Crippen molar-refractivity contribution in [2.75, 3.05) is 6.54 Å². The van der Waals surface area contributed by atoms with Crippen molar-refractivity contribution in [3.05, 3.63) is 45.5 Å². The zero-order valence-electron chi connectivity index (χ0n) is 10.4. The van der Waals surface area contributed by atoms with Crippen LogP contribution in [0.2, 0.25) is 0 Å². The van der Waals surface area contributed by atoms with E-state index in [9.17, 15) is 10.1 Å². The maximum atomic E-state index is 10.8. The van der Waals surface area contributed by atoms with Crippen LogP contribution in [0, 0.1) is 10.1 Å². The highest BCUT2D eigenvalue weighted by atomic mass is 16.6. The predicted molar refractivity (Wildman–Crippen MR) is 69.9 cm³/mol. The molecule has 0 aliphatic carbocycles. The minimum atomic E-state index is -0.352. The molecule has 1 N–H and O–H groups in total. The van der Waals surface area contributed by atoms with E-state index in [1.54, 1.807) is 12.1 Å². The Morgan fingerprint density at radius 3 is 2.71 bits per heavy atom. The minimum Gasteiger partial charge on any atom is -0.311 e. The van der Waals surface area contributed by atoms with Gasteiger partial charge in [0.25, 0.3) is 5.69 Å². The number of nitrogens with zero attached hydrogens (tertiary/aromatic N) is 1. The molecule has 1 rings (SSSR count). The van der Waals surface area contributed by atoms with Crippen molar-refractivity contribution in [2.45, 2.75) is 26.8 Å². The highest BCUT2D eigenvalue weighted by molar-refractivity contribution is 5.62. The summed E-state index contributed by atoms with van der Waals surface area (Å²) in [5.74, 6) is 0. The molecule has 0 aliphatic heterocycles. The van der Waals surface area contributed by atoms with E-state index in [2.05, 4.69) is 19.2 Å². The smallest absolute Gasteiger partial charge is 0.276 e. The van der Waals surface area contributed by atoms with Crippen molar-refractivity contribution < 1.29 is 4.92 Å². The molecule has 1 aromatic rings. The summed E-state index contributed by atoms with van der Waals surface area (Å²) in [5.41, 5.74) is 1.88. The molecule has 1 aromatic carbocycles. The molecular weight excluding hydrogens is 216 g/mol. The second-order valence-corrected chi connectivity index (χ2v) is 4.34. The van der Waals surface area contributed by atoms with Crippen molar-refractivity contribution in [2.24, 2.45) is 0 Å². The topological polar surface area (TPSA) is 55.2 Å². The van der Waals surface area contributed by atoms with Gasteiger partial charge in [-0.25, -0.2) is 0 Å². The normalized spacial score (nSPS) is 11.9. The summed E-state index contributed by atoms with van der Waals surface area (Å²) in [5, 5.41) is 14.1. The van der Waals surface area contributed by atoms with Crippen LogP contribution in [0.1, 0.15) is 26.3 Å². The molecule has 17 heavy (non-hydrogen) atoms. The van der Waals surface area contributed by atoms with E-state index >= 15 is 0 Å². The van der Waals surface area contributed by atoms with Crippen LogP contribution in [0.4, 0.5) is 5.69 Å². The molecule has 0 saturated carbocycles. The van der Waals surface area contributed by atoms with Crippen molar-refractivity contribution in [3.8, 4) is 0 Å². The Labute approximate surface area is 101 Å². The molecule has 0 spiro atoms. The Kier molecular flexibility index (Phi) is 4.84. The van der Waals surface area contributed by atoms with E-state index < -0.39 is 0 Å². The predicted octanol–water partition coefficient (Wildman–Crippen LogP) is 3.00. The summed E-state index contributed by atoms with van der Waals surface area (Å²) in [7, 11) is 0. The molecule has 0 bridgehead atoms. The van der Waals surface area contributed by atoms with E-state index in [0.717, 1.165) is 12.1 Å². The minimum absolute atomic E-state index is 0.149. The Balaban J connectivity index is 2.86. The molecule has 0 fully saturated rings. The van der Waals surface area contributed by atoms with E-state index in [-0.39, 0.29) is 10.6 Å². The second kappa shape index (κ2) is 6.15. The molecule has 4 nitrogen and oxygen atoms in total. The summed E-state index contributed by atoms with van der Waals surface area (Å²) < 4.78 is 0. The van der Waals surface area contributed by atoms with Gasteiger partial charge in [0.05, 0.1) is 10.5 Å². The monoisotopic (exact) mass is 234 g/mol. The standard InChI is InChI=1S/C13H18N2O2/c1-10(2)14-9-11(3)8-12-6-4-5-7-13(12)15(16)17/h4-8,10,14H,9H2,1-3H3. The number of nitrogens with one attached hydrogen (secondary N) is 1. The Bertz CT molecular complexity index is 425. The molecule has 0 unspecified atom stereocenters. The first-order chi connectivity index (χ1) is 8.00. The lowest BCUT2D eigenvalue weighted by molar-refractivity contribution is -0.385. The van der Waals surface area contributed by atoms with Gasteiger partial charge in [-0.2, -0.15) is 0 Å². The van der Waals surface area contributed by atoms with Gasteiger partial charge in [0.2, 0.25) is 0 Å². The summed E-state index contributed by atoms with van der Waals surface area (Å²) in [6.45, 7) is 6.84. The molecule has 0 atom stereocenters. The van der Waals surface area contributed by atoms with Gasteiger partial charge in [0.1, 0.15) is 0 Å². The number of nitro benzene ring substituents is 1. The number of nitro groups is 1. The number of para-hydroxylation sites is 1. The molecule has 0 radical (unpaired) electrons. The third kappa shape index (κ3) is 4.36. The summed E-state index contributed by atoms with van der Waals surface area (Å²) in [6, 6.07) is 7.18. The van der Waals surface area contributed by atoms with Crippen LogP contribution >= 0.6 is 0 Å². The van der Waals surface area contributed by atoms with E-state index in [0.29, 0.717) is 11.6 Å². The van der Waals surface area contributed by atoms with Gasteiger partial charge in [-0.3, -0.25) is 10.1 Å². The lowest BCUT2D eigenvalue weighted by Crippen LogP contribution is -2.24. The first-order valence-electron chi connectivity index (χ1n) is 5.64. The van der Waals surface area contributed by atoms with Gasteiger partial charge in [-0.15, -0.1) is 0 Å². The molecule has 92 valence electrons. The molecule has 0 aliphatic rings. The summed E-state index contributed by atoms with van der Waals surface area (Å²) >= 11 is 0. The van der Waals surface area contributed by atoms with E-state index in [4.69, 9.17) is 0 Å². The largest absolute Gasteiger partial charge is 0.311 e. The van der Waals surface area contributed by atoms with Crippen LogP contribution in [0.5, 0.6) is 0 Å². The maximum Gasteiger partial charge on any atom is 0.276 e. The zero-order valence-corrected chi connectivity index (χ0v) is 10.4. The van der Waals surface area contributed by atoms with Gasteiger partial charge >= 0.3 is 0 Å². The van der Waals surface area contributed by atoms with Crippen molar-refractivity contribution in [1.29, 1.82) is 0 Å². The number of hydrogen-bond donors (Lipinski definition) is 1. The first kappa shape index (κ1) is 13.4. The van der Waals surface area contributed by atoms with E-state index in [1.807, 2.05) is 19.1 Å². The van der Waals surface area contributed by atoms with Gasteiger partial charge in [0, 0.05) is 18.7 Å². The highest BCUT2D eigenvalue weighted by Crippen LogP contribution is 2.20. The van der Waals surface area contributed by atoms with Gasteiger partial charge in [-0.05, 0) is 19.1 Å². The Hall–Kier alpha value is -1.68. The zero-order chi connectivity index (χ0) is 12.8. The number of hydrogen-bond acceptors (Lipinski definition) is 3. The molecule has 0 saturated heterocycles. The molecule has 0 heterocycles. The summed E-state index contributed by atoms with van der Waals surface area (Å²) in [4.78, 5) is 10.5. The molecule has 0 aromatic heterocycles. The average Bonchev–Trinajstić information content (AvgIpc) is 2.27. The van der Waals surface area contributed by atoms with Crippen LogP contribution in [0.25, 0.3) is 6.08 Å². The third-order valence-electron chi connectivity index (χ3n) is 2.32. The van der Waals surface area contributed by atoms with E-state index in [1.165, 1.54) is 6.07 Å². The van der Waals surface area contributed by atoms with Crippen LogP contribution < -0.4 is 5.32 Å². The average molecular weight is 234 g/mol. The molecular formula is C13H18N2O2. The lowest BCUT2D eigenvalue weighted by atomic mass is 10.1. The van der Waals surface area contributed by atoms with Crippen molar-refractivity contribution in [3.63, 3.8) is 0 Å². The fourth-order valence-corrected chi connectivity index (χ4v) is 1.46. The van der Waals surface area contributed by atoms with Crippen LogP contribution in [-0.4, -0.2) is 17.5 Å². The van der Waals surface area contributed by atoms with Crippen molar-refractivity contribution in [1.82, 2.24) is 5.32 Å². The summed E-state index contributed by atoms with van der Waals surface area (Å²) in [6.07, 6.45) is 1.85. The van der Waals surface area contributed by atoms with Crippen molar-refractivity contribution >= 4 is 11.8 Å². The maximum absolute atomic E-state index is 10.8. The van der Waals surface area contributed by atoms with Gasteiger partial charge in [-0.1, -0.05) is 31.6 Å².